The van der Waals surface area contributed by atoms with Crippen molar-refractivity contribution >= 4 is 12.1 Å². The summed E-state index contributed by atoms with van der Waals surface area (Å²) in [6.45, 7) is 3.74. The molecule has 102 valence electrons. The minimum atomic E-state index is -1.25. The number of ether oxygens (including phenoxy) is 1. The minimum Gasteiger partial charge on any atom is -0.477 e. The van der Waals surface area contributed by atoms with Crippen molar-refractivity contribution in [1.82, 2.24) is 9.88 Å². The third-order valence-electron chi connectivity index (χ3n) is 3.05. The van der Waals surface area contributed by atoms with Crippen molar-refractivity contribution in [2.45, 2.75) is 26.5 Å². The number of carboxylic acid groups (broad SMARTS) is 1. The first-order chi connectivity index (χ1) is 8.90. The quantitative estimate of drug-likeness (QED) is 0.818. The number of hydrogen-bond donors (Lipinski definition) is 2. The van der Waals surface area contributed by atoms with E-state index in [0.29, 0.717) is 17.8 Å². The maximum Gasteiger partial charge on any atom is 0.407 e. The van der Waals surface area contributed by atoms with Gasteiger partial charge in [-0.25, -0.2) is 9.59 Å². The molecule has 2 rings (SSSR count). The lowest BCUT2D eigenvalue weighted by molar-refractivity contribution is 0.0692. The second-order valence-electron chi connectivity index (χ2n) is 4.47. The molecule has 1 aromatic heterocycles. The Balaban J connectivity index is 2.40. The fourth-order valence-electron chi connectivity index (χ4n) is 2.15. The number of carboxylic acids is 1. The molecule has 7 nitrogen and oxygen atoms in total. The predicted octanol–water partition coefficient (Wildman–Crippen LogP) is 0.272. The van der Waals surface area contributed by atoms with Crippen molar-refractivity contribution < 1.29 is 19.4 Å². The van der Waals surface area contributed by atoms with Crippen LogP contribution < -0.4 is 10.9 Å². The molecule has 0 spiro atoms. The van der Waals surface area contributed by atoms with E-state index in [0.717, 1.165) is 0 Å². The SMILES string of the molecule is Cc1cc(C)n(CC2CNC(=O)O2)c(=O)c1C(=O)O. The number of nitrogens with one attached hydrogen (secondary N) is 1. The van der Waals surface area contributed by atoms with Gasteiger partial charge < -0.3 is 19.7 Å². The number of cyclic esters (lactones) is 1. The number of aromatic nitrogens is 1. The Bertz CT molecular complexity index is 605. The topological polar surface area (TPSA) is 97.6 Å². The molecule has 0 bridgehead atoms. The van der Waals surface area contributed by atoms with Crippen molar-refractivity contribution in [2.75, 3.05) is 6.54 Å². The van der Waals surface area contributed by atoms with Gasteiger partial charge in [0.1, 0.15) is 11.7 Å². The molecule has 7 heteroatoms. The number of nitrogens with zero attached hydrogens (tertiary/aromatic N) is 1. The number of aromatic carboxylic acids is 1. The fraction of sp³-hybridized carbons (Fsp3) is 0.417. The lowest BCUT2D eigenvalue weighted by Gasteiger charge is -2.15. The van der Waals surface area contributed by atoms with Crippen LogP contribution >= 0.6 is 0 Å². The molecule has 1 saturated heterocycles. The molecular formula is C12H14N2O5. The average Bonchev–Trinajstić information content (AvgIpc) is 2.69. The number of carbonyl (C=O) groups is 2. The van der Waals surface area contributed by atoms with Gasteiger partial charge in [0.25, 0.3) is 5.56 Å². The van der Waals surface area contributed by atoms with E-state index in [-0.39, 0.29) is 12.1 Å². The molecule has 19 heavy (non-hydrogen) atoms. The molecule has 1 aromatic rings. The summed E-state index contributed by atoms with van der Waals surface area (Å²) in [6, 6.07) is 1.63. The number of hydrogen-bond acceptors (Lipinski definition) is 4. The lowest BCUT2D eigenvalue weighted by Crippen LogP contribution is -2.34. The van der Waals surface area contributed by atoms with Crippen molar-refractivity contribution in [3.63, 3.8) is 0 Å². The number of carbonyl (C=O) groups excluding carboxylic acids is 1. The smallest absolute Gasteiger partial charge is 0.407 e. The van der Waals surface area contributed by atoms with E-state index in [2.05, 4.69) is 5.32 Å². The summed E-state index contributed by atoms with van der Waals surface area (Å²) < 4.78 is 6.27. The van der Waals surface area contributed by atoms with Gasteiger partial charge in [0, 0.05) is 5.69 Å². The normalized spacial score (nSPS) is 18.0. The zero-order chi connectivity index (χ0) is 14.2. The highest BCUT2D eigenvalue weighted by molar-refractivity contribution is 5.88. The first-order valence-electron chi connectivity index (χ1n) is 5.79. The molecule has 0 saturated carbocycles. The van der Waals surface area contributed by atoms with Crippen molar-refractivity contribution in [3.8, 4) is 0 Å². The van der Waals surface area contributed by atoms with E-state index in [1.807, 2.05) is 0 Å². The van der Waals surface area contributed by atoms with Gasteiger partial charge in [-0.15, -0.1) is 0 Å². The van der Waals surface area contributed by atoms with E-state index in [1.54, 1.807) is 19.9 Å². The molecule has 0 radical (unpaired) electrons. The second kappa shape index (κ2) is 4.75. The third kappa shape index (κ3) is 2.44. The van der Waals surface area contributed by atoms with E-state index in [4.69, 9.17) is 9.84 Å². The van der Waals surface area contributed by atoms with Crippen LogP contribution in [0.2, 0.25) is 0 Å². The average molecular weight is 266 g/mol. The second-order valence-corrected chi connectivity index (χ2v) is 4.47. The Morgan fingerprint density at radius 1 is 1.53 bits per heavy atom. The Morgan fingerprint density at radius 3 is 2.74 bits per heavy atom. The van der Waals surface area contributed by atoms with Crippen LogP contribution in [0, 0.1) is 13.8 Å². The first kappa shape index (κ1) is 13.1. The molecule has 2 heterocycles. The summed E-state index contributed by atoms with van der Waals surface area (Å²) >= 11 is 0. The monoisotopic (exact) mass is 266 g/mol. The summed E-state index contributed by atoms with van der Waals surface area (Å²) in [4.78, 5) is 34.2. The summed E-state index contributed by atoms with van der Waals surface area (Å²) in [5.41, 5.74) is 0.235. The van der Waals surface area contributed by atoms with Crippen molar-refractivity contribution in [3.05, 3.63) is 33.2 Å². The van der Waals surface area contributed by atoms with E-state index in [1.165, 1.54) is 4.57 Å². The fourth-order valence-corrected chi connectivity index (χ4v) is 2.15. The molecule has 1 amide bonds. The summed E-state index contributed by atoms with van der Waals surface area (Å²) in [6.07, 6.45) is -0.991. The Kier molecular flexibility index (Phi) is 3.28. The van der Waals surface area contributed by atoms with Gasteiger partial charge >= 0.3 is 12.1 Å². The summed E-state index contributed by atoms with van der Waals surface area (Å²) in [7, 11) is 0. The van der Waals surface area contributed by atoms with Crippen molar-refractivity contribution in [1.29, 1.82) is 0 Å². The van der Waals surface area contributed by atoms with Crippen LogP contribution in [0.15, 0.2) is 10.9 Å². The Hall–Kier alpha value is -2.31. The van der Waals surface area contributed by atoms with Crippen LogP contribution in [-0.2, 0) is 11.3 Å². The third-order valence-corrected chi connectivity index (χ3v) is 3.05. The number of aryl methyl sites for hydroxylation is 2. The van der Waals surface area contributed by atoms with Crippen LogP contribution in [0.5, 0.6) is 0 Å². The van der Waals surface area contributed by atoms with Gasteiger partial charge in [0.15, 0.2) is 0 Å². The number of alkyl carbamates (subject to hydrolysis) is 1. The number of pyridine rings is 1. The van der Waals surface area contributed by atoms with Crippen LogP contribution in [0.25, 0.3) is 0 Å². The largest absolute Gasteiger partial charge is 0.477 e. The highest BCUT2D eigenvalue weighted by Gasteiger charge is 2.25. The van der Waals surface area contributed by atoms with E-state index < -0.39 is 23.7 Å². The molecule has 1 aliphatic heterocycles. The number of amides is 1. The molecular weight excluding hydrogens is 252 g/mol. The Labute approximate surface area is 108 Å². The standard InChI is InChI=1S/C12H14N2O5/c1-6-3-7(2)14(10(15)9(6)11(16)17)5-8-4-13-12(18)19-8/h3,8H,4-5H2,1-2H3,(H,13,18)(H,16,17). The molecule has 0 aromatic carbocycles. The van der Waals surface area contributed by atoms with Gasteiger partial charge in [-0.05, 0) is 25.5 Å². The van der Waals surface area contributed by atoms with Gasteiger partial charge in [0.05, 0.1) is 13.1 Å². The lowest BCUT2D eigenvalue weighted by atomic mass is 10.1. The maximum atomic E-state index is 12.1. The van der Waals surface area contributed by atoms with Crippen LogP contribution in [0.3, 0.4) is 0 Å². The first-order valence-corrected chi connectivity index (χ1v) is 5.79. The summed E-state index contributed by atoms with van der Waals surface area (Å²) in [5.74, 6) is -1.25. The number of rotatable bonds is 3. The van der Waals surface area contributed by atoms with Crippen LogP contribution in [0.4, 0.5) is 4.79 Å². The molecule has 1 unspecified atom stereocenters. The van der Waals surface area contributed by atoms with Crippen LogP contribution in [0.1, 0.15) is 21.6 Å². The van der Waals surface area contributed by atoms with Gasteiger partial charge in [0.2, 0.25) is 0 Å². The van der Waals surface area contributed by atoms with E-state index >= 15 is 0 Å². The highest BCUT2D eigenvalue weighted by atomic mass is 16.6. The minimum absolute atomic E-state index is 0.143. The predicted molar refractivity (Wildman–Crippen MR) is 65.4 cm³/mol. The Morgan fingerprint density at radius 2 is 2.21 bits per heavy atom. The van der Waals surface area contributed by atoms with Gasteiger partial charge in [-0.3, -0.25) is 4.79 Å². The van der Waals surface area contributed by atoms with Crippen molar-refractivity contribution in [2.24, 2.45) is 0 Å². The van der Waals surface area contributed by atoms with Crippen LogP contribution in [-0.4, -0.2) is 34.4 Å². The highest BCUT2D eigenvalue weighted by Crippen LogP contribution is 2.09. The molecule has 1 aliphatic rings. The van der Waals surface area contributed by atoms with Gasteiger partial charge in [-0.1, -0.05) is 0 Å². The zero-order valence-electron chi connectivity index (χ0n) is 10.6. The zero-order valence-corrected chi connectivity index (χ0v) is 10.6. The molecule has 1 fully saturated rings. The maximum absolute atomic E-state index is 12.1. The summed E-state index contributed by atoms with van der Waals surface area (Å²) in [5, 5.41) is 11.5. The molecule has 0 aliphatic carbocycles. The molecule has 1 atom stereocenters. The van der Waals surface area contributed by atoms with E-state index in [9.17, 15) is 14.4 Å². The molecule has 2 N–H and O–H groups in total. The van der Waals surface area contributed by atoms with Gasteiger partial charge in [-0.2, -0.15) is 0 Å².